The molecule has 0 saturated carbocycles. The summed E-state index contributed by atoms with van der Waals surface area (Å²) < 4.78 is 0. The van der Waals surface area contributed by atoms with Crippen LogP contribution in [-0.2, 0) is 0 Å². The standard InChI is InChI=1S/C10H22N2/c1-4-7-12-9(2)5-6-11-8-10(12)3/h9-11H,4-8H2,1-3H3. The van der Waals surface area contributed by atoms with Gasteiger partial charge < -0.3 is 5.32 Å². The third-order valence-corrected chi connectivity index (χ3v) is 2.79. The molecule has 0 aromatic heterocycles. The summed E-state index contributed by atoms with van der Waals surface area (Å²) in [7, 11) is 0. The highest BCUT2D eigenvalue weighted by atomic mass is 15.2. The molecule has 1 rings (SSSR count). The summed E-state index contributed by atoms with van der Waals surface area (Å²) in [4.78, 5) is 2.62. The molecule has 1 N–H and O–H groups in total. The van der Waals surface area contributed by atoms with Gasteiger partial charge in [-0.3, -0.25) is 4.90 Å². The van der Waals surface area contributed by atoms with Crippen molar-refractivity contribution in [3.8, 4) is 0 Å². The SMILES string of the molecule is CCCN1C(C)CCNCC1C. The van der Waals surface area contributed by atoms with E-state index in [-0.39, 0.29) is 0 Å². The number of hydrogen-bond donors (Lipinski definition) is 1. The maximum absolute atomic E-state index is 3.47. The van der Waals surface area contributed by atoms with Crippen LogP contribution in [0.1, 0.15) is 33.6 Å². The van der Waals surface area contributed by atoms with E-state index >= 15 is 0 Å². The van der Waals surface area contributed by atoms with Gasteiger partial charge in [-0.15, -0.1) is 0 Å². The zero-order chi connectivity index (χ0) is 8.97. The van der Waals surface area contributed by atoms with E-state index in [1.807, 2.05) is 0 Å². The molecule has 72 valence electrons. The molecule has 0 aliphatic carbocycles. The molecule has 0 aromatic rings. The molecule has 1 fully saturated rings. The zero-order valence-electron chi connectivity index (χ0n) is 8.64. The fourth-order valence-electron chi connectivity index (χ4n) is 2.04. The molecule has 2 nitrogen and oxygen atoms in total. The highest BCUT2D eigenvalue weighted by Crippen LogP contribution is 2.11. The van der Waals surface area contributed by atoms with Crippen LogP contribution in [0, 0.1) is 0 Å². The van der Waals surface area contributed by atoms with E-state index in [2.05, 4.69) is 31.0 Å². The molecule has 0 bridgehead atoms. The quantitative estimate of drug-likeness (QED) is 0.675. The van der Waals surface area contributed by atoms with Crippen molar-refractivity contribution in [1.82, 2.24) is 10.2 Å². The van der Waals surface area contributed by atoms with E-state index < -0.39 is 0 Å². The average Bonchev–Trinajstić information content (AvgIpc) is 2.19. The van der Waals surface area contributed by atoms with Gasteiger partial charge >= 0.3 is 0 Å². The van der Waals surface area contributed by atoms with E-state index in [4.69, 9.17) is 0 Å². The van der Waals surface area contributed by atoms with Gasteiger partial charge in [-0.2, -0.15) is 0 Å². The van der Waals surface area contributed by atoms with E-state index in [9.17, 15) is 0 Å². The predicted molar refractivity (Wildman–Crippen MR) is 53.4 cm³/mol. The Hall–Kier alpha value is -0.0800. The molecule has 2 atom stereocenters. The van der Waals surface area contributed by atoms with Crippen molar-refractivity contribution in [3.63, 3.8) is 0 Å². The first-order chi connectivity index (χ1) is 5.75. The molecule has 1 aliphatic rings. The summed E-state index contributed by atoms with van der Waals surface area (Å²) in [6.07, 6.45) is 2.57. The van der Waals surface area contributed by atoms with Crippen molar-refractivity contribution in [2.75, 3.05) is 19.6 Å². The molecule has 1 heterocycles. The molecule has 2 heteroatoms. The Balaban J connectivity index is 2.49. The van der Waals surface area contributed by atoms with Gasteiger partial charge in [0.15, 0.2) is 0 Å². The van der Waals surface area contributed by atoms with Crippen molar-refractivity contribution < 1.29 is 0 Å². The molecular formula is C10H22N2. The van der Waals surface area contributed by atoms with Gasteiger partial charge in [0.05, 0.1) is 0 Å². The average molecular weight is 170 g/mol. The Bertz CT molecular complexity index is 113. The number of hydrogen-bond acceptors (Lipinski definition) is 2. The van der Waals surface area contributed by atoms with Crippen LogP contribution in [0.15, 0.2) is 0 Å². The third-order valence-electron chi connectivity index (χ3n) is 2.79. The molecule has 0 aromatic carbocycles. The monoisotopic (exact) mass is 170 g/mol. The molecule has 1 aliphatic heterocycles. The number of nitrogens with zero attached hydrogens (tertiary/aromatic N) is 1. The lowest BCUT2D eigenvalue weighted by atomic mass is 10.1. The lowest BCUT2D eigenvalue weighted by Crippen LogP contribution is -2.42. The maximum Gasteiger partial charge on any atom is 0.0195 e. The molecular weight excluding hydrogens is 148 g/mol. The molecule has 2 unspecified atom stereocenters. The zero-order valence-corrected chi connectivity index (χ0v) is 8.64. The molecule has 0 amide bonds. The first kappa shape index (κ1) is 10.0. The normalized spacial score (nSPS) is 33.2. The number of nitrogens with one attached hydrogen (secondary N) is 1. The highest BCUT2D eigenvalue weighted by molar-refractivity contribution is 4.79. The minimum absolute atomic E-state index is 0.711. The van der Waals surface area contributed by atoms with E-state index in [0.717, 1.165) is 12.6 Å². The van der Waals surface area contributed by atoms with Crippen molar-refractivity contribution >= 4 is 0 Å². The van der Waals surface area contributed by atoms with Gasteiger partial charge in [0.2, 0.25) is 0 Å². The summed E-state index contributed by atoms with van der Waals surface area (Å²) in [6, 6.07) is 1.47. The Morgan fingerprint density at radius 2 is 2.08 bits per heavy atom. The largest absolute Gasteiger partial charge is 0.315 e. The molecule has 0 spiro atoms. The van der Waals surface area contributed by atoms with Gasteiger partial charge in [0.1, 0.15) is 0 Å². The smallest absolute Gasteiger partial charge is 0.0195 e. The van der Waals surface area contributed by atoms with Crippen LogP contribution >= 0.6 is 0 Å². The van der Waals surface area contributed by atoms with Gasteiger partial charge in [-0.05, 0) is 39.8 Å². The molecule has 12 heavy (non-hydrogen) atoms. The highest BCUT2D eigenvalue weighted by Gasteiger charge is 2.21. The first-order valence-corrected chi connectivity index (χ1v) is 5.22. The van der Waals surface area contributed by atoms with Crippen LogP contribution < -0.4 is 5.32 Å². The summed E-state index contributed by atoms with van der Waals surface area (Å²) >= 11 is 0. The topological polar surface area (TPSA) is 15.3 Å². The fourth-order valence-corrected chi connectivity index (χ4v) is 2.04. The summed E-state index contributed by atoms with van der Waals surface area (Å²) in [5.41, 5.74) is 0. The van der Waals surface area contributed by atoms with Crippen LogP contribution in [0.3, 0.4) is 0 Å². The Morgan fingerprint density at radius 3 is 2.75 bits per heavy atom. The third kappa shape index (κ3) is 2.46. The second kappa shape index (κ2) is 4.83. The Kier molecular flexibility index (Phi) is 4.02. The summed E-state index contributed by atoms with van der Waals surface area (Å²) in [6.45, 7) is 10.5. The minimum atomic E-state index is 0.711. The van der Waals surface area contributed by atoms with Crippen LogP contribution in [-0.4, -0.2) is 36.6 Å². The van der Waals surface area contributed by atoms with Crippen molar-refractivity contribution in [2.45, 2.75) is 45.7 Å². The van der Waals surface area contributed by atoms with Crippen molar-refractivity contribution in [1.29, 1.82) is 0 Å². The Morgan fingerprint density at radius 1 is 1.33 bits per heavy atom. The van der Waals surface area contributed by atoms with Crippen molar-refractivity contribution in [2.24, 2.45) is 0 Å². The van der Waals surface area contributed by atoms with Crippen LogP contribution in [0.4, 0.5) is 0 Å². The second-order valence-corrected chi connectivity index (χ2v) is 3.93. The van der Waals surface area contributed by atoms with E-state index in [0.29, 0.717) is 6.04 Å². The molecule has 0 radical (unpaired) electrons. The van der Waals surface area contributed by atoms with Crippen molar-refractivity contribution in [3.05, 3.63) is 0 Å². The lowest BCUT2D eigenvalue weighted by molar-refractivity contribution is 0.164. The van der Waals surface area contributed by atoms with Gasteiger partial charge in [0, 0.05) is 18.6 Å². The van der Waals surface area contributed by atoms with E-state index in [1.54, 1.807) is 0 Å². The second-order valence-electron chi connectivity index (χ2n) is 3.93. The van der Waals surface area contributed by atoms with Crippen LogP contribution in [0.5, 0.6) is 0 Å². The number of rotatable bonds is 2. The lowest BCUT2D eigenvalue weighted by Gasteiger charge is -2.31. The molecule has 1 saturated heterocycles. The summed E-state index contributed by atoms with van der Waals surface area (Å²) in [5.74, 6) is 0. The van der Waals surface area contributed by atoms with Crippen LogP contribution in [0.2, 0.25) is 0 Å². The van der Waals surface area contributed by atoms with Gasteiger partial charge in [-0.1, -0.05) is 6.92 Å². The minimum Gasteiger partial charge on any atom is -0.315 e. The van der Waals surface area contributed by atoms with E-state index in [1.165, 1.54) is 25.9 Å². The Labute approximate surface area is 76.3 Å². The maximum atomic E-state index is 3.47. The fraction of sp³-hybridized carbons (Fsp3) is 1.00. The van der Waals surface area contributed by atoms with Gasteiger partial charge in [-0.25, -0.2) is 0 Å². The summed E-state index contributed by atoms with van der Waals surface area (Å²) in [5, 5.41) is 3.47. The van der Waals surface area contributed by atoms with Crippen LogP contribution in [0.25, 0.3) is 0 Å². The van der Waals surface area contributed by atoms with Gasteiger partial charge in [0.25, 0.3) is 0 Å². The predicted octanol–water partition coefficient (Wildman–Crippen LogP) is 1.47. The first-order valence-electron chi connectivity index (χ1n) is 5.22.